The summed E-state index contributed by atoms with van der Waals surface area (Å²) in [6.07, 6.45) is 0. The molecule has 14 nitrogen and oxygen atoms in total. The lowest BCUT2D eigenvalue weighted by atomic mass is 10.1. The van der Waals surface area contributed by atoms with Crippen LogP contribution < -0.4 is 11.5 Å². The topological polar surface area (TPSA) is 270 Å². The summed E-state index contributed by atoms with van der Waals surface area (Å²) in [6, 6.07) is 11.1. The van der Waals surface area contributed by atoms with Gasteiger partial charge in [-0.15, -0.1) is 0 Å². The Hall–Kier alpha value is -3.36. The highest BCUT2D eigenvalue weighted by atomic mass is 32.2. The fraction of sp³-hybridized carbons (Fsp3) is 0. The van der Waals surface area contributed by atoms with Gasteiger partial charge in [0.15, 0.2) is 0 Å². The number of rotatable bonds is 4. The molecule has 204 valence electrons. The summed E-state index contributed by atoms with van der Waals surface area (Å²) >= 11 is 0. The van der Waals surface area contributed by atoms with Gasteiger partial charge < -0.3 is 11.5 Å². The molecule has 0 spiro atoms. The van der Waals surface area contributed by atoms with Gasteiger partial charge in [-0.2, -0.15) is 33.7 Å². The molecule has 0 radical (unpaired) electrons. The van der Waals surface area contributed by atoms with E-state index in [9.17, 15) is 33.7 Å². The lowest BCUT2D eigenvalue weighted by molar-refractivity contribution is 0.480. The molecule has 8 N–H and O–H groups in total. The van der Waals surface area contributed by atoms with Crippen LogP contribution in [0, 0.1) is 0 Å². The summed E-state index contributed by atoms with van der Waals surface area (Å²) in [4.78, 5) is -1.78. The Balaban J connectivity index is 0.000000211. The first-order chi connectivity index (χ1) is 17.2. The molecule has 0 heterocycles. The van der Waals surface area contributed by atoms with E-state index in [1.54, 1.807) is 0 Å². The normalized spacial score (nSPS) is 12.7. The van der Waals surface area contributed by atoms with Crippen LogP contribution in [0.3, 0.4) is 0 Å². The first kappa shape index (κ1) is 29.2. The molecule has 0 bridgehead atoms. The molecule has 0 aliphatic heterocycles. The van der Waals surface area contributed by atoms with Crippen molar-refractivity contribution in [1.29, 1.82) is 0 Å². The minimum Gasteiger partial charge on any atom is -0.398 e. The predicted octanol–water partition coefficient (Wildman–Crippen LogP) is 1.83. The van der Waals surface area contributed by atoms with Crippen molar-refractivity contribution in [1.82, 2.24) is 0 Å². The van der Waals surface area contributed by atoms with E-state index in [4.69, 9.17) is 29.7 Å². The maximum atomic E-state index is 11.2. The molecule has 38 heavy (non-hydrogen) atoms. The van der Waals surface area contributed by atoms with Crippen LogP contribution in [0.1, 0.15) is 0 Å². The molecule has 4 aromatic rings. The van der Waals surface area contributed by atoms with Gasteiger partial charge in [0.05, 0.1) is 9.79 Å². The predicted molar refractivity (Wildman–Crippen MR) is 136 cm³/mol. The second kappa shape index (κ2) is 9.75. The molecule has 18 heteroatoms. The van der Waals surface area contributed by atoms with E-state index in [1.165, 1.54) is 18.2 Å². The SMILES string of the molecule is Nc1ccc(S(=O)(=O)O)c2cc(S(=O)(=O)O)ccc12.Nc1ccc(S(=O)(=O)O)c2ccc(S(=O)(=O)O)cc12. The van der Waals surface area contributed by atoms with Crippen LogP contribution in [-0.4, -0.2) is 51.9 Å². The summed E-state index contributed by atoms with van der Waals surface area (Å²) in [7, 11) is -17.9. The van der Waals surface area contributed by atoms with Crippen molar-refractivity contribution in [2.45, 2.75) is 19.6 Å². The van der Waals surface area contributed by atoms with Crippen molar-refractivity contribution < 1.29 is 51.9 Å². The molecular formula is C20H18N2O12S4. The van der Waals surface area contributed by atoms with E-state index in [0.717, 1.165) is 42.5 Å². The largest absolute Gasteiger partial charge is 0.398 e. The molecular weight excluding hydrogens is 588 g/mol. The van der Waals surface area contributed by atoms with Gasteiger partial charge in [0.1, 0.15) is 9.79 Å². The Labute approximate surface area is 216 Å². The van der Waals surface area contributed by atoms with Gasteiger partial charge in [-0.25, -0.2) is 0 Å². The third kappa shape index (κ3) is 6.19. The van der Waals surface area contributed by atoms with Crippen molar-refractivity contribution in [3.05, 3.63) is 60.7 Å². The highest BCUT2D eigenvalue weighted by Crippen LogP contribution is 2.31. The second-order valence-electron chi connectivity index (χ2n) is 7.62. The summed E-state index contributed by atoms with van der Waals surface area (Å²) in [5, 5.41) is 0.334. The van der Waals surface area contributed by atoms with E-state index in [0.29, 0.717) is 0 Å². The maximum Gasteiger partial charge on any atom is 0.295 e. The average molecular weight is 607 g/mol. The summed E-state index contributed by atoms with van der Waals surface area (Å²) in [5.74, 6) is 0. The fourth-order valence-electron chi connectivity index (χ4n) is 3.42. The van der Waals surface area contributed by atoms with Crippen molar-refractivity contribution in [2.75, 3.05) is 11.5 Å². The summed E-state index contributed by atoms with van der Waals surface area (Å²) in [5.41, 5.74) is 11.6. The molecule has 0 saturated heterocycles. The highest BCUT2D eigenvalue weighted by molar-refractivity contribution is 7.86. The molecule has 0 atom stereocenters. The summed E-state index contributed by atoms with van der Waals surface area (Å²) in [6.45, 7) is 0. The van der Waals surface area contributed by atoms with Gasteiger partial charge >= 0.3 is 0 Å². The third-order valence-corrected chi connectivity index (χ3v) is 8.64. The molecule has 0 amide bonds. The number of nitrogen functional groups attached to an aromatic ring is 2. The second-order valence-corrected chi connectivity index (χ2v) is 13.2. The number of hydrogen-bond acceptors (Lipinski definition) is 10. The minimum absolute atomic E-state index is 0.0647. The van der Waals surface area contributed by atoms with Crippen LogP contribution in [0.2, 0.25) is 0 Å². The molecule has 0 fully saturated rings. The standard InChI is InChI=1S/2C10H9NO6S2/c11-9-3-4-10(19(15,16)17)7-2-1-6(5-8(7)9)18(12,13)14;11-9-3-4-10(19(15,16)17)8-5-6(18(12,13)14)1-2-7(8)9/h2*1-5H,11H2,(H,12,13,14)(H,15,16,17). The monoisotopic (exact) mass is 606 g/mol. The molecule has 0 aliphatic carbocycles. The number of hydrogen-bond donors (Lipinski definition) is 6. The lowest BCUT2D eigenvalue weighted by Gasteiger charge is -2.08. The van der Waals surface area contributed by atoms with Crippen LogP contribution in [0.5, 0.6) is 0 Å². The van der Waals surface area contributed by atoms with Gasteiger partial charge in [0.2, 0.25) is 0 Å². The zero-order valence-corrected chi connectivity index (χ0v) is 21.9. The third-order valence-electron chi connectivity index (χ3n) is 5.12. The highest BCUT2D eigenvalue weighted by Gasteiger charge is 2.19. The molecule has 4 rings (SSSR count). The van der Waals surface area contributed by atoms with E-state index in [-0.39, 0.29) is 32.9 Å². The van der Waals surface area contributed by atoms with Crippen LogP contribution >= 0.6 is 0 Å². The first-order valence-electron chi connectivity index (χ1n) is 9.75. The minimum atomic E-state index is -4.54. The van der Waals surface area contributed by atoms with Crippen molar-refractivity contribution in [3.63, 3.8) is 0 Å². The number of anilines is 2. The van der Waals surface area contributed by atoms with Crippen LogP contribution in [-0.2, 0) is 40.5 Å². The van der Waals surface area contributed by atoms with E-state index in [2.05, 4.69) is 0 Å². The Morgan fingerprint density at radius 3 is 1.21 bits per heavy atom. The quantitative estimate of drug-likeness (QED) is 0.143. The molecule has 0 saturated carbocycles. The molecule has 0 aromatic heterocycles. The van der Waals surface area contributed by atoms with Crippen LogP contribution in [0.4, 0.5) is 11.4 Å². The van der Waals surface area contributed by atoms with E-state index in [1.807, 2.05) is 0 Å². The fourth-order valence-corrected chi connectivity index (χ4v) is 5.81. The van der Waals surface area contributed by atoms with Crippen molar-refractivity contribution in [2.24, 2.45) is 0 Å². The van der Waals surface area contributed by atoms with E-state index >= 15 is 0 Å². The van der Waals surface area contributed by atoms with Gasteiger partial charge in [0.25, 0.3) is 40.5 Å². The average Bonchev–Trinajstić information content (AvgIpc) is 2.76. The summed E-state index contributed by atoms with van der Waals surface area (Å²) < 4.78 is 125. The Bertz CT molecular complexity index is 2040. The van der Waals surface area contributed by atoms with Crippen molar-refractivity contribution in [3.8, 4) is 0 Å². The van der Waals surface area contributed by atoms with Gasteiger partial charge in [-0.3, -0.25) is 18.2 Å². The van der Waals surface area contributed by atoms with Gasteiger partial charge in [-0.1, -0.05) is 12.1 Å². The smallest absolute Gasteiger partial charge is 0.295 e. The molecule has 4 aromatic carbocycles. The van der Waals surface area contributed by atoms with Crippen LogP contribution in [0.15, 0.2) is 80.2 Å². The maximum absolute atomic E-state index is 11.2. The molecule has 0 aliphatic rings. The zero-order valence-electron chi connectivity index (χ0n) is 18.6. The Morgan fingerprint density at radius 1 is 0.421 bits per heavy atom. The Kier molecular flexibility index (Phi) is 7.49. The molecule has 0 unspecified atom stereocenters. The van der Waals surface area contributed by atoms with Gasteiger partial charge in [-0.05, 0) is 48.5 Å². The zero-order chi connectivity index (χ0) is 28.8. The van der Waals surface area contributed by atoms with E-state index < -0.39 is 60.1 Å². The number of nitrogens with two attached hydrogens (primary N) is 2. The van der Waals surface area contributed by atoms with Crippen molar-refractivity contribution >= 4 is 73.4 Å². The van der Waals surface area contributed by atoms with Gasteiger partial charge in [0, 0.05) is 32.9 Å². The van der Waals surface area contributed by atoms with Crippen LogP contribution in [0.25, 0.3) is 21.5 Å². The number of benzene rings is 4. The number of fused-ring (bicyclic) bond motifs is 2. The lowest BCUT2D eigenvalue weighted by Crippen LogP contribution is -2.03. The first-order valence-corrected chi connectivity index (χ1v) is 15.5. The Morgan fingerprint density at radius 2 is 0.789 bits per heavy atom.